The van der Waals surface area contributed by atoms with Crippen LogP contribution in [-0.2, 0) is 12.4 Å². The smallest absolute Gasteiger partial charge is 0.0751 e. The van der Waals surface area contributed by atoms with E-state index in [0.717, 1.165) is 28.7 Å². The van der Waals surface area contributed by atoms with Crippen molar-refractivity contribution in [2.75, 3.05) is 5.32 Å². The lowest BCUT2D eigenvalue weighted by atomic mass is 10.1. The molecule has 0 spiro atoms. The molecule has 0 saturated heterocycles. The zero-order chi connectivity index (χ0) is 13.8. The molecule has 1 aromatic heterocycles. The summed E-state index contributed by atoms with van der Waals surface area (Å²) >= 11 is 5.96. The van der Waals surface area contributed by atoms with E-state index >= 15 is 0 Å². The zero-order valence-electron chi connectivity index (χ0n) is 11.0. The molecule has 0 radical (unpaired) electrons. The largest absolute Gasteiger partial charge is 0.381 e. The van der Waals surface area contributed by atoms with Crippen LogP contribution in [0.15, 0.2) is 60.8 Å². The van der Waals surface area contributed by atoms with E-state index in [1.165, 1.54) is 5.56 Å². The SMILES string of the molecule is ClCc1ccccc1NCc1cccc2cccnc12. The molecule has 2 nitrogen and oxygen atoms in total. The molecule has 0 aliphatic heterocycles. The van der Waals surface area contributed by atoms with Gasteiger partial charge in [-0.1, -0.05) is 42.5 Å². The Hall–Kier alpha value is -2.06. The van der Waals surface area contributed by atoms with Gasteiger partial charge in [-0.2, -0.15) is 0 Å². The van der Waals surface area contributed by atoms with Crippen molar-refractivity contribution in [3.8, 4) is 0 Å². The minimum atomic E-state index is 0.511. The molecule has 0 amide bonds. The Labute approximate surface area is 123 Å². The molecule has 0 atom stereocenters. The molecule has 3 heteroatoms. The Bertz CT molecular complexity index is 720. The summed E-state index contributed by atoms with van der Waals surface area (Å²) in [4.78, 5) is 4.47. The van der Waals surface area contributed by atoms with E-state index in [9.17, 15) is 0 Å². The fraction of sp³-hybridized carbons (Fsp3) is 0.118. The van der Waals surface area contributed by atoms with Gasteiger partial charge in [0.1, 0.15) is 0 Å². The van der Waals surface area contributed by atoms with Crippen LogP contribution in [0.4, 0.5) is 5.69 Å². The van der Waals surface area contributed by atoms with Crippen LogP contribution in [0.25, 0.3) is 10.9 Å². The summed E-state index contributed by atoms with van der Waals surface area (Å²) in [7, 11) is 0. The van der Waals surface area contributed by atoms with Crippen molar-refractivity contribution in [1.82, 2.24) is 4.98 Å². The van der Waals surface area contributed by atoms with Crippen molar-refractivity contribution in [1.29, 1.82) is 0 Å². The average molecular weight is 283 g/mol. The third kappa shape index (κ3) is 2.61. The highest BCUT2D eigenvalue weighted by Gasteiger charge is 2.03. The summed E-state index contributed by atoms with van der Waals surface area (Å²) in [6, 6.07) is 18.4. The van der Waals surface area contributed by atoms with E-state index < -0.39 is 0 Å². The van der Waals surface area contributed by atoms with Gasteiger partial charge in [0.25, 0.3) is 0 Å². The molecule has 100 valence electrons. The van der Waals surface area contributed by atoms with Gasteiger partial charge in [-0.15, -0.1) is 11.6 Å². The summed E-state index contributed by atoms with van der Waals surface area (Å²) in [5, 5.41) is 4.61. The molecule has 0 saturated carbocycles. The molecular formula is C17H15ClN2. The number of halogens is 1. The summed E-state index contributed by atoms with van der Waals surface area (Å²) in [6.07, 6.45) is 1.83. The molecule has 0 fully saturated rings. The average Bonchev–Trinajstić information content (AvgIpc) is 2.53. The lowest BCUT2D eigenvalue weighted by Crippen LogP contribution is -2.02. The van der Waals surface area contributed by atoms with Gasteiger partial charge >= 0.3 is 0 Å². The van der Waals surface area contributed by atoms with Gasteiger partial charge in [-0.25, -0.2) is 0 Å². The predicted molar refractivity (Wildman–Crippen MR) is 85.1 cm³/mol. The minimum Gasteiger partial charge on any atom is -0.381 e. The number of benzene rings is 2. The molecule has 1 heterocycles. The van der Waals surface area contributed by atoms with Crippen LogP contribution >= 0.6 is 11.6 Å². The first kappa shape index (κ1) is 12.9. The predicted octanol–water partition coefficient (Wildman–Crippen LogP) is 4.59. The standard InChI is InChI=1S/C17H15ClN2/c18-11-14-5-1-2-9-16(14)20-12-15-7-3-6-13-8-4-10-19-17(13)15/h1-10,20H,11-12H2. The maximum absolute atomic E-state index is 5.96. The van der Waals surface area contributed by atoms with Crippen molar-refractivity contribution in [2.24, 2.45) is 0 Å². The second-order valence-electron chi connectivity index (χ2n) is 4.64. The maximum Gasteiger partial charge on any atom is 0.0751 e. The van der Waals surface area contributed by atoms with E-state index in [4.69, 9.17) is 11.6 Å². The van der Waals surface area contributed by atoms with Gasteiger partial charge in [-0.3, -0.25) is 4.98 Å². The Morgan fingerprint density at radius 2 is 1.70 bits per heavy atom. The highest BCUT2D eigenvalue weighted by atomic mass is 35.5. The van der Waals surface area contributed by atoms with Gasteiger partial charge < -0.3 is 5.32 Å². The van der Waals surface area contributed by atoms with Crippen molar-refractivity contribution in [2.45, 2.75) is 12.4 Å². The number of hydrogen-bond donors (Lipinski definition) is 1. The van der Waals surface area contributed by atoms with E-state index in [2.05, 4.69) is 40.6 Å². The van der Waals surface area contributed by atoms with E-state index in [1.54, 1.807) is 0 Å². The maximum atomic E-state index is 5.96. The van der Waals surface area contributed by atoms with Crippen LogP contribution in [0.3, 0.4) is 0 Å². The van der Waals surface area contributed by atoms with Crippen molar-refractivity contribution >= 4 is 28.2 Å². The molecule has 1 N–H and O–H groups in total. The van der Waals surface area contributed by atoms with Gasteiger partial charge in [0, 0.05) is 29.7 Å². The van der Waals surface area contributed by atoms with Crippen LogP contribution in [0.5, 0.6) is 0 Å². The highest BCUT2D eigenvalue weighted by Crippen LogP contribution is 2.20. The molecular weight excluding hydrogens is 268 g/mol. The topological polar surface area (TPSA) is 24.9 Å². The molecule has 0 unspecified atom stereocenters. The summed E-state index contributed by atoms with van der Waals surface area (Å²) in [5.74, 6) is 0.511. The first-order chi connectivity index (χ1) is 9.88. The fourth-order valence-electron chi connectivity index (χ4n) is 2.31. The second-order valence-corrected chi connectivity index (χ2v) is 4.90. The van der Waals surface area contributed by atoms with Crippen LogP contribution in [-0.4, -0.2) is 4.98 Å². The number of pyridine rings is 1. The van der Waals surface area contributed by atoms with Crippen molar-refractivity contribution in [3.05, 3.63) is 71.9 Å². The number of nitrogens with one attached hydrogen (secondary N) is 1. The minimum absolute atomic E-state index is 0.511. The molecule has 0 aliphatic rings. The Morgan fingerprint density at radius 1 is 0.900 bits per heavy atom. The molecule has 3 rings (SSSR count). The third-order valence-electron chi connectivity index (χ3n) is 3.35. The fourth-order valence-corrected chi connectivity index (χ4v) is 2.54. The summed E-state index contributed by atoms with van der Waals surface area (Å²) < 4.78 is 0. The second kappa shape index (κ2) is 5.93. The molecule has 0 aliphatic carbocycles. The number of anilines is 1. The lowest BCUT2D eigenvalue weighted by Gasteiger charge is -2.11. The third-order valence-corrected chi connectivity index (χ3v) is 3.63. The lowest BCUT2D eigenvalue weighted by molar-refractivity contribution is 1.14. The number of aromatic nitrogens is 1. The first-order valence-electron chi connectivity index (χ1n) is 6.59. The molecule has 3 aromatic rings. The monoisotopic (exact) mass is 282 g/mol. The normalized spacial score (nSPS) is 10.7. The highest BCUT2D eigenvalue weighted by molar-refractivity contribution is 6.17. The number of para-hydroxylation sites is 2. The Kier molecular flexibility index (Phi) is 3.84. The van der Waals surface area contributed by atoms with Crippen LogP contribution < -0.4 is 5.32 Å². The van der Waals surface area contributed by atoms with Crippen LogP contribution in [0, 0.1) is 0 Å². The number of hydrogen-bond acceptors (Lipinski definition) is 2. The number of rotatable bonds is 4. The zero-order valence-corrected chi connectivity index (χ0v) is 11.8. The quantitative estimate of drug-likeness (QED) is 0.708. The van der Waals surface area contributed by atoms with Crippen molar-refractivity contribution in [3.63, 3.8) is 0 Å². The Balaban J connectivity index is 1.87. The Morgan fingerprint density at radius 3 is 2.60 bits per heavy atom. The molecule has 2 aromatic carbocycles. The van der Waals surface area contributed by atoms with Crippen molar-refractivity contribution < 1.29 is 0 Å². The van der Waals surface area contributed by atoms with Gasteiger partial charge in [0.15, 0.2) is 0 Å². The molecule has 0 bridgehead atoms. The summed E-state index contributed by atoms with van der Waals surface area (Å²) in [5.41, 5.74) is 4.43. The van der Waals surface area contributed by atoms with Gasteiger partial charge in [0.2, 0.25) is 0 Å². The van der Waals surface area contributed by atoms with Crippen LogP contribution in [0.1, 0.15) is 11.1 Å². The van der Waals surface area contributed by atoms with Crippen LogP contribution in [0.2, 0.25) is 0 Å². The van der Waals surface area contributed by atoms with Gasteiger partial charge in [0.05, 0.1) is 5.52 Å². The summed E-state index contributed by atoms with van der Waals surface area (Å²) in [6.45, 7) is 0.738. The number of nitrogens with zero attached hydrogens (tertiary/aromatic N) is 1. The van der Waals surface area contributed by atoms with E-state index in [-0.39, 0.29) is 0 Å². The first-order valence-corrected chi connectivity index (χ1v) is 7.12. The number of alkyl halides is 1. The van der Waals surface area contributed by atoms with E-state index in [0.29, 0.717) is 5.88 Å². The van der Waals surface area contributed by atoms with Gasteiger partial charge in [-0.05, 0) is 23.3 Å². The van der Waals surface area contributed by atoms with E-state index in [1.807, 2.05) is 30.5 Å². The number of fused-ring (bicyclic) bond motifs is 1. The molecule has 20 heavy (non-hydrogen) atoms.